The van der Waals surface area contributed by atoms with E-state index in [1.807, 2.05) is 0 Å². The fraction of sp³-hybridized carbons (Fsp3) is 0.583. The highest BCUT2D eigenvalue weighted by Crippen LogP contribution is 2.33. The Labute approximate surface area is 199 Å². The highest BCUT2D eigenvalue weighted by atomic mass is 32.2. The first-order chi connectivity index (χ1) is 16.3. The molecule has 10 heteroatoms. The summed E-state index contributed by atoms with van der Waals surface area (Å²) in [5.41, 5.74) is 0.0700. The van der Waals surface area contributed by atoms with Crippen molar-refractivity contribution in [2.45, 2.75) is 61.7 Å². The minimum atomic E-state index is -3.81. The van der Waals surface area contributed by atoms with Crippen molar-refractivity contribution in [1.82, 2.24) is 14.2 Å². The van der Waals surface area contributed by atoms with Crippen LogP contribution in [-0.4, -0.2) is 73.7 Å². The first kappa shape index (κ1) is 23.5. The number of H-pyrrole nitrogens is 1. The Morgan fingerprint density at radius 2 is 1.79 bits per heavy atom. The number of hydrogen-bond donors (Lipinski definition) is 1. The molecule has 9 nitrogen and oxygen atoms in total. The van der Waals surface area contributed by atoms with E-state index < -0.39 is 21.2 Å². The van der Waals surface area contributed by atoms with Crippen LogP contribution in [0.1, 0.15) is 55.3 Å². The van der Waals surface area contributed by atoms with Crippen LogP contribution in [0.15, 0.2) is 34.1 Å². The summed E-state index contributed by atoms with van der Waals surface area (Å²) in [5, 5.41) is 0.194. The van der Waals surface area contributed by atoms with Crippen molar-refractivity contribution < 1.29 is 22.7 Å². The molecule has 5 rings (SSSR count). The first-order valence-corrected chi connectivity index (χ1v) is 13.5. The van der Waals surface area contributed by atoms with Gasteiger partial charge in [-0.3, -0.25) is 9.59 Å². The highest BCUT2D eigenvalue weighted by Gasteiger charge is 2.42. The van der Waals surface area contributed by atoms with Gasteiger partial charge in [-0.2, -0.15) is 4.31 Å². The third-order valence-corrected chi connectivity index (χ3v) is 9.36. The van der Waals surface area contributed by atoms with Gasteiger partial charge >= 0.3 is 0 Å². The molecular formula is C24H31N3O6S. The number of sulfonamides is 1. The molecular weight excluding hydrogens is 458 g/mol. The molecule has 184 valence electrons. The summed E-state index contributed by atoms with van der Waals surface area (Å²) in [4.78, 5) is 31.1. The molecule has 1 aromatic heterocycles. The van der Waals surface area contributed by atoms with Crippen molar-refractivity contribution in [1.29, 1.82) is 0 Å². The van der Waals surface area contributed by atoms with Crippen LogP contribution in [0.5, 0.6) is 0 Å². The van der Waals surface area contributed by atoms with Gasteiger partial charge in [0.25, 0.3) is 5.91 Å². The number of rotatable bonds is 4. The fourth-order valence-electron chi connectivity index (χ4n) is 5.34. The maximum absolute atomic E-state index is 13.3. The zero-order valence-corrected chi connectivity index (χ0v) is 20.2. The van der Waals surface area contributed by atoms with Gasteiger partial charge in [0.2, 0.25) is 15.5 Å². The van der Waals surface area contributed by atoms with Gasteiger partial charge in [-0.1, -0.05) is 19.3 Å². The predicted octanol–water partition coefficient (Wildman–Crippen LogP) is 2.46. The Morgan fingerprint density at radius 3 is 2.47 bits per heavy atom. The Hall–Kier alpha value is -2.27. The maximum Gasteiger partial charge on any atom is 0.259 e. The van der Waals surface area contributed by atoms with Crippen LogP contribution in [0, 0.1) is 0 Å². The maximum atomic E-state index is 13.3. The molecule has 2 aliphatic heterocycles. The summed E-state index contributed by atoms with van der Waals surface area (Å²) in [7, 11) is -2.07. The van der Waals surface area contributed by atoms with Gasteiger partial charge in [0.1, 0.15) is 5.56 Å². The average molecular weight is 490 g/mol. The number of nitrogens with one attached hydrogen (secondary N) is 1. The molecule has 1 spiro atoms. The number of hydrogen-bond acceptors (Lipinski definition) is 6. The number of ether oxygens (including phenoxy) is 2. The third-order valence-electron chi connectivity index (χ3n) is 7.46. The molecule has 1 saturated carbocycles. The van der Waals surface area contributed by atoms with E-state index in [4.69, 9.17) is 9.47 Å². The Kier molecular flexibility index (Phi) is 6.26. The number of benzene rings is 1. The van der Waals surface area contributed by atoms with E-state index in [0.717, 1.165) is 25.7 Å². The van der Waals surface area contributed by atoms with Gasteiger partial charge in [-0.25, -0.2) is 8.42 Å². The first-order valence-electron chi connectivity index (χ1n) is 12.0. The van der Waals surface area contributed by atoms with Crippen LogP contribution in [0.3, 0.4) is 0 Å². The van der Waals surface area contributed by atoms with Crippen LogP contribution in [-0.2, 0) is 19.5 Å². The molecule has 3 fully saturated rings. The molecule has 2 saturated heterocycles. The fourth-order valence-corrected chi connectivity index (χ4v) is 6.81. The molecule has 1 aromatic carbocycles. The van der Waals surface area contributed by atoms with Crippen molar-refractivity contribution >= 4 is 26.8 Å². The number of carbonyl (C=O) groups is 1. The summed E-state index contributed by atoms with van der Waals surface area (Å²) >= 11 is 0. The molecule has 3 heterocycles. The number of carbonyl (C=O) groups excluding carboxylic acids is 1. The van der Waals surface area contributed by atoms with E-state index in [1.54, 1.807) is 18.0 Å². The van der Waals surface area contributed by atoms with E-state index >= 15 is 0 Å². The Balaban J connectivity index is 1.41. The molecule has 3 aliphatic rings. The number of fused-ring (bicyclic) bond motifs is 1. The number of nitrogens with zero attached hydrogens (tertiary/aromatic N) is 2. The third kappa shape index (κ3) is 4.17. The van der Waals surface area contributed by atoms with Crippen molar-refractivity contribution in [3.8, 4) is 0 Å². The minimum absolute atomic E-state index is 0.0329. The minimum Gasteiger partial charge on any atom is -0.360 e. The van der Waals surface area contributed by atoms with Crippen molar-refractivity contribution in [3.05, 3.63) is 40.2 Å². The second kappa shape index (κ2) is 9.07. The van der Waals surface area contributed by atoms with E-state index in [0.29, 0.717) is 31.6 Å². The van der Waals surface area contributed by atoms with Crippen LogP contribution in [0.25, 0.3) is 10.9 Å². The number of amides is 1. The summed E-state index contributed by atoms with van der Waals surface area (Å²) < 4.78 is 39.5. The summed E-state index contributed by atoms with van der Waals surface area (Å²) in [6, 6.07) is 4.58. The van der Waals surface area contributed by atoms with Gasteiger partial charge in [0, 0.05) is 56.1 Å². The van der Waals surface area contributed by atoms with Crippen LogP contribution < -0.4 is 5.43 Å². The number of pyridine rings is 1. The molecule has 0 radical (unpaired) electrons. The molecule has 0 unspecified atom stereocenters. The summed E-state index contributed by atoms with van der Waals surface area (Å²) in [6.07, 6.45) is 7.56. The predicted molar refractivity (Wildman–Crippen MR) is 126 cm³/mol. The standard InChI is InChI=1S/C24H31N3O6S/c1-26(17-5-3-2-4-6-17)23(29)20-16-25-21-8-7-18(15-19(21)22(20)28)34(30,31)27-11-9-24(10-12-27)32-13-14-33-24/h7-8,15-17H,2-6,9-14H2,1H3,(H,25,28). The number of aromatic nitrogens is 1. The second-order valence-corrected chi connectivity index (χ2v) is 11.4. The van der Waals surface area contributed by atoms with Gasteiger partial charge in [-0.05, 0) is 31.0 Å². The lowest BCUT2D eigenvalue weighted by atomic mass is 9.94. The zero-order valence-electron chi connectivity index (χ0n) is 19.4. The van der Waals surface area contributed by atoms with E-state index in [2.05, 4.69) is 4.98 Å². The molecule has 0 atom stereocenters. The average Bonchev–Trinajstić information content (AvgIpc) is 3.31. The topological polar surface area (TPSA) is 109 Å². The van der Waals surface area contributed by atoms with E-state index in [1.165, 1.54) is 29.1 Å². The molecule has 1 amide bonds. The lowest BCUT2D eigenvalue weighted by Gasteiger charge is -2.36. The monoisotopic (exact) mass is 489 g/mol. The Bertz CT molecular complexity index is 1240. The second-order valence-electron chi connectivity index (χ2n) is 9.46. The van der Waals surface area contributed by atoms with Crippen molar-refractivity contribution in [3.63, 3.8) is 0 Å². The molecule has 1 aliphatic carbocycles. The summed E-state index contributed by atoms with van der Waals surface area (Å²) in [5.74, 6) is -1.01. The Morgan fingerprint density at radius 1 is 1.12 bits per heavy atom. The van der Waals surface area contributed by atoms with E-state index in [-0.39, 0.29) is 40.9 Å². The van der Waals surface area contributed by atoms with Gasteiger partial charge in [0.15, 0.2) is 5.79 Å². The van der Waals surface area contributed by atoms with Crippen molar-refractivity contribution in [2.75, 3.05) is 33.4 Å². The van der Waals surface area contributed by atoms with E-state index in [9.17, 15) is 18.0 Å². The van der Waals surface area contributed by atoms with Crippen LogP contribution in [0.4, 0.5) is 0 Å². The van der Waals surface area contributed by atoms with Crippen LogP contribution in [0.2, 0.25) is 0 Å². The normalized spacial score (nSPS) is 21.8. The molecule has 34 heavy (non-hydrogen) atoms. The molecule has 0 bridgehead atoms. The lowest BCUT2D eigenvalue weighted by Crippen LogP contribution is -2.47. The number of aromatic amines is 1. The molecule has 2 aromatic rings. The largest absolute Gasteiger partial charge is 0.360 e. The smallest absolute Gasteiger partial charge is 0.259 e. The lowest BCUT2D eigenvalue weighted by molar-refractivity contribution is -0.179. The number of piperidine rings is 1. The van der Waals surface area contributed by atoms with Gasteiger partial charge in [0.05, 0.1) is 18.1 Å². The van der Waals surface area contributed by atoms with Gasteiger partial charge in [-0.15, -0.1) is 0 Å². The van der Waals surface area contributed by atoms with Crippen molar-refractivity contribution in [2.24, 2.45) is 0 Å². The zero-order chi connectivity index (χ0) is 23.9. The SMILES string of the molecule is CN(C(=O)c1c[nH]c2ccc(S(=O)(=O)N3CCC4(CC3)OCCO4)cc2c1=O)C1CCCCC1. The van der Waals surface area contributed by atoms with Crippen LogP contribution >= 0.6 is 0 Å². The highest BCUT2D eigenvalue weighted by molar-refractivity contribution is 7.89. The molecule has 1 N–H and O–H groups in total. The van der Waals surface area contributed by atoms with Gasteiger partial charge < -0.3 is 19.4 Å². The summed E-state index contributed by atoms with van der Waals surface area (Å²) in [6.45, 7) is 1.61. The quantitative estimate of drug-likeness (QED) is 0.707.